The quantitative estimate of drug-likeness (QED) is 0.887. The zero-order valence-corrected chi connectivity index (χ0v) is 12.6. The third kappa shape index (κ3) is 3.56. The fraction of sp³-hybridized carbons (Fsp3) is 0.125. The maximum absolute atomic E-state index is 12.4. The van der Waals surface area contributed by atoms with E-state index in [9.17, 15) is 9.59 Å². The van der Waals surface area contributed by atoms with Gasteiger partial charge in [0.15, 0.2) is 0 Å². The molecule has 0 aliphatic rings. The number of nitrogens with one attached hydrogen (secondary N) is 1. The number of rotatable bonds is 5. The van der Waals surface area contributed by atoms with Crippen molar-refractivity contribution in [3.8, 4) is 5.75 Å². The van der Waals surface area contributed by atoms with Gasteiger partial charge in [-0.3, -0.25) is 9.59 Å². The summed E-state index contributed by atoms with van der Waals surface area (Å²) in [5.74, 6) is -0.786. The molecule has 0 saturated carbocycles. The van der Waals surface area contributed by atoms with Gasteiger partial charge < -0.3 is 15.8 Å². The normalized spacial score (nSPS) is 11.5. The first-order valence-corrected chi connectivity index (χ1v) is 6.89. The van der Waals surface area contributed by atoms with E-state index in [2.05, 4.69) is 5.32 Å². The van der Waals surface area contributed by atoms with Crippen LogP contribution in [0.3, 0.4) is 0 Å². The number of hydrogen-bond acceptors (Lipinski definition) is 3. The van der Waals surface area contributed by atoms with E-state index in [1.807, 2.05) is 6.07 Å². The number of primary amides is 1. The highest BCUT2D eigenvalue weighted by molar-refractivity contribution is 6.31. The van der Waals surface area contributed by atoms with Crippen molar-refractivity contribution >= 4 is 23.4 Å². The van der Waals surface area contributed by atoms with Crippen molar-refractivity contribution in [2.45, 2.75) is 6.04 Å². The molecule has 0 heterocycles. The highest BCUT2D eigenvalue weighted by Crippen LogP contribution is 2.23. The third-order valence-corrected chi connectivity index (χ3v) is 3.33. The predicted octanol–water partition coefficient (Wildman–Crippen LogP) is 2.31. The Morgan fingerprint density at radius 1 is 1.18 bits per heavy atom. The van der Waals surface area contributed by atoms with Crippen LogP contribution in [-0.4, -0.2) is 18.9 Å². The summed E-state index contributed by atoms with van der Waals surface area (Å²) in [6, 6.07) is 12.5. The predicted molar refractivity (Wildman–Crippen MR) is 83.8 cm³/mol. The first-order valence-electron chi connectivity index (χ1n) is 6.51. The number of methoxy groups -OCH3 is 1. The summed E-state index contributed by atoms with van der Waals surface area (Å²) in [5.41, 5.74) is 6.22. The molecule has 1 unspecified atom stereocenters. The Morgan fingerprint density at radius 3 is 2.45 bits per heavy atom. The second kappa shape index (κ2) is 6.95. The lowest BCUT2D eigenvalue weighted by atomic mass is 10.1. The number of carbonyl (C=O) groups excluding carboxylic acids is 2. The molecule has 0 spiro atoms. The Bertz CT molecular complexity index is 689. The molecule has 2 aromatic rings. The van der Waals surface area contributed by atoms with Crippen LogP contribution >= 0.6 is 11.6 Å². The van der Waals surface area contributed by atoms with Crippen molar-refractivity contribution in [3.63, 3.8) is 0 Å². The third-order valence-electron chi connectivity index (χ3n) is 3.10. The van der Waals surface area contributed by atoms with Gasteiger partial charge in [0.1, 0.15) is 11.8 Å². The maximum Gasteiger partial charge on any atom is 0.256 e. The monoisotopic (exact) mass is 318 g/mol. The summed E-state index contributed by atoms with van der Waals surface area (Å²) >= 11 is 5.91. The van der Waals surface area contributed by atoms with Crippen LogP contribution in [0.5, 0.6) is 5.75 Å². The molecule has 6 heteroatoms. The van der Waals surface area contributed by atoms with Crippen LogP contribution < -0.4 is 15.8 Å². The van der Waals surface area contributed by atoms with E-state index in [-0.39, 0.29) is 5.56 Å². The number of hydrogen-bond donors (Lipinski definition) is 2. The molecule has 5 nitrogen and oxygen atoms in total. The number of ether oxygens (including phenoxy) is 1. The van der Waals surface area contributed by atoms with Crippen LogP contribution in [0.25, 0.3) is 0 Å². The van der Waals surface area contributed by atoms with Gasteiger partial charge in [0, 0.05) is 5.02 Å². The summed E-state index contributed by atoms with van der Waals surface area (Å²) < 4.78 is 5.13. The smallest absolute Gasteiger partial charge is 0.256 e. The molecule has 2 rings (SSSR count). The van der Waals surface area contributed by atoms with Gasteiger partial charge >= 0.3 is 0 Å². The van der Waals surface area contributed by atoms with Gasteiger partial charge in [-0.05, 0) is 23.8 Å². The van der Waals surface area contributed by atoms with E-state index < -0.39 is 17.9 Å². The SMILES string of the molecule is COc1ccc(Cl)cc1C(=O)NC(C(N)=O)c1ccccc1. The molecule has 0 saturated heterocycles. The van der Waals surface area contributed by atoms with Crippen molar-refractivity contribution < 1.29 is 14.3 Å². The van der Waals surface area contributed by atoms with Gasteiger partial charge in [-0.15, -0.1) is 0 Å². The minimum Gasteiger partial charge on any atom is -0.496 e. The Balaban J connectivity index is 2.30. The van der Waals surface area contributed by atoms with Crippen molar-refractivity contribution in [2.75, 3.05) is 7.11 Å². The van der Waals surface area contributed by atoms with E-state index >= 15 is 0 Å². The minimum absolute atomic E-state index is 0.234. The Morgan fingerprint density at radius 2 is 1.86 bits per heavy atom. The molecule has 22 heavy (non-hydrogen) atoms. The van der Waals surface area contributed by atoms with Gasteiger partial charge in [0.05, 0.1) is 12.7 Å². The van der Waals surface area contributed by atoms with Crippen LogP contribution in [0.15, 0.2) is 48.5 Å². The summed E-state index contributed by atoms with van der Waals surface area (Å²) in [6.45, 7) is 0. The van der Waals surface area contributed by atoms with Crippen LogP contribution in [0, 0.1) is 0 Å². The molecule has 0 bridgehead atoms. The van der Waals surface area contributed by atoms with E-state index in [0.717, 1.165) is 0 Å². The van der Waals surface area contributed by atoms with Gasteiger partial charge in [-0.1, -0.05) is 41.9 Å². The van der Waals surface area contributed by atoms with Crippen LogP contribution in [-0.2, 0) is 4.79 Å². The summed E-state index contributed by atoms with van der Waals surface area (Å²) in [6.07, 6.45) is 0. The van der Waals surface area contributed by atoms with E-state index in [4.69, 9.17) is 22.1 Å². The lowest BCUT2D eigenvalue weighted by Crippen LogP contribution is -2.37. The Kier molecular flexibility index (Phi) is 5.01. The van der Waals surface area contributed by atoms with Gasteiger partial charge in [-0.2, -0.15) is 0 Å². The number of nitrogens with two attached hydrogens (primary N) is 1. The standard InChI is InChI=1S/C16H15ClN2O3/c1-22-13-8-7-11(17)9-12(13)16(21)19-14(15(18)20)10-5-3-2-4-6-10/h2-9,14H,1H3,(H2,18,20)(H,19,21). The van der Waals surface area contributed by atoms with Crippen molar-refractivity contribution in [1.29, 1.82) is 0 Å². The molecule has 2 amide bonds. The van der Waals surface area contributed by atoms with Crippen LogP contribution in [0.1, 0.15) is 22.0 Å². The lowest BCUT2D eigenvalue weighted by molar-refractivity contribution is -0.120. The van der Waals surface area contributed by atoms with Gasteiger partial charge in [0.25, 0.3) is 5.91 Å². The molecule has 0 fully saturated rings. The molecular weight excluding hydrogens is 304 g/mol. The summed E-state index contributed by atoms with van der Waals surface area (Å²) in [4.78, 5) is 24.0. The van der Waals surface area contributed by atoms with Gasteiger partial charge in [0.2, 0.25) is 5.91 Å². The van der Waals surface area contributed by atoms with Crippen molar-refractivity contribution in [2.24, 2.45) is 5.73 Å². The van der Waals surface area contributed by atoms with E-state index in [1.165, 1.54) is 13.2 Å². The molecule has 0 aliphatic carbocycles. The molecule has 2 aromatic carbocycles. The number of halogens is 1. The number of carbonyl (C=O) groups is 2. The molecule has 1 atom stereocenters. The average Bonchev–Trinajstić information content (AvgIpc) is 2.52. The van der Waals surface area contributed by atoms with Crippen LogP contribution in [0.2, 0.25) is 5.02 Å². The highest BCUT2D eigenvalue weighted by atomic mass is 35.5. The van der Waals surface area contributed by atoms with Crippen molar-refractivity contribution in [1.82, 2.24) is 5.32 Å². The first kappa shape index (κ1) is 15.9. The number of benzene rings is 2. The van der Waals surface area contributed by atoms with Crippen molar-refractivity contribution in [3.05, 3.63) is 64.7 Å². The minimum atomic E-state index is -0.933. The average molecular weight is 319 g/mol. The molecule has 3 N–H and O–H groups in total. The maximum atomic E-state index is 12.4. The first-order chi connectivity index (χ1) is 10.5. The van der Waals surface area contributed by atoms with Gasteiger partial charge in [-0.25, -0.2) is 0 Å². The lowest BCUT2D eigenvalue weighted by Gasteiger charge is -2.17. The fourth-order valence-corrected chi connectivity index (χ4v) is 2.20. The molecule has 0 aliphatic heterocycles. The Hall–Kier alpha value is -2.53. The molecule has 114 valence electrons. The fourth-order valence-electron chi connectivity index (χ4n) is 2.03. The summed E-state index contributed by atoms with van der Waals surface area (Å²) in [5, 5.41) is 2.99. The molecular formula is C16H15ClN2O3. The number of amides is 2. The molecule has 0 aromatic heterocycles. The van der Waals surface area contributed by atoms with E-state index in [1.54, 1.807) is 36.4 Å². The van der Waals surface area contributed by atoms with E-state index in [0.29, 0.717) is 16.3 Å². The zero-order chi connectivity index (χ0) is 16.1. The zero-order valence-electron chi connectivity index (χ0n) is 11.9. The second-order valence-corrected chi connectivity index (χ2v) is 5.00. The summed E-state index contributed by atoms with van der Waals surface area (Å²) in [7, 11) is 1.45. The van der Waals surface area contributed by atoms with Crippen LogP contribution in [0.4, 0.5) is 0 Å². The Labute approximate surface area is 133 Å². The highest BCUT2D eigenvalue weighted by Gasteiger charge is 2.22. The largest absolute Gasteiger partial charge is 0.496 e. The second-order valence-electron chi connectivity index (χ2n) is 4.56. The topological polar surface area (TPSA) is 81.4 Å². The molecule has 0 radical (unpaired) electrons.